The van der Waals surface area contributed by atoms with Crippen molar-refractivity contribution < 1.29 is 5.11 Å². The summed E-state index contributed by atoms with van der Waals surface area (Å²) in [6, 6.07) is 9.60. The third-order valence-electron chi connectivity index (χ3n) is 7.84. The summed E-state index contributed by atoms with van der Waals surface area (Å²) in [7, 11) is -0.320. The van der Waals surface area contributed by atoms with Crippen LogP contribution in [0.2, 0.25) is 26.7 Å². The number of benzene rings is 1. The molecule has 0 aliphatic heterocycles. The number of hydrogen-bond donors (Lipinski definition) is 3. The highest BCUT2D eigenvalue weighted by molar-refractivity contribution is 6.97. The van der Waals surface area contributed by atoms with Crippen LogP contribution in [0.4, 0.5) is 5.82 Å². The smallest absolute Gasteiger partial charge is 0.148 e. The number of halogens is 2. The van der Waals surface area contributed by atoms with Gasteiger partial charge in [0.25, 0.3) is 0 Å². The number of nitrogens with zero attached hydrogens (tertiary/aromatic N) is 3. The molecule has 0 saturated carbocycles. The van der Waals surface area contributed by atoms with Crippen molar-refractivity contribution in [1.29, 1.82) is 0 Å². The van der Waals surface area contributed by atoms with Crippen molar-refractivity contribution in [1.82, 2.24) is 19.7 Å². The number of aryl methyl sites for hydroxylation is 1. The van der Waals surface area contributed by atoms with Crippen molar-refractivity contribution in [3.05, 3.63) is 69.6 Å². The minimum Gasteiger partial charge on any atom is -0.382 e. The molecule has 3 aromatic heterocycles. The van der Waals surface area contributed by atoms with Crippen molar-refractivity contribution in [3.8, 4) is 0 Å². The predicted molar refractivity (Wildman–Crippen MR) is 158 cm³/mol. The Bertz CT molecular complexity index is 1370. The lowest BCUT2D eigenvalue weighted by Gasteiger charge is -2.44. The largest absolute Gasteiger partial charge is 0.382 e. The van der Waals surface area contributed by atoms with Crippen molar-refractivity contribution in [3.63, 3.8) is 0 Å². The van der Waals surface area contributed by atoms with Gasteiger partial charge in [0.05, 0.1) is 18.8 Å². The summed E-state index contributed by atoms with van der Waals surface area (Å²) in [5, 5.41) is 23.2. The molecule has 0 saturated heterocycles. The van der Waals surface area contributed by atoms with Gasteiger partial charge >= 0.3 is 0 Å². The zero-order valence-corrected chi connectivity index (χ0v) is 25.1. The van der Waals surface area contributed by atoms with Crippen LogP contribution in [-0.4, -0.2) is 32.9 Å². The van der Waals surface area contributed by atoms with E-state index in [-0.39, 0.29) is 0 Å². The van der Waals surface area contributed by atoms with Crippen LogP contribution in [0.5, 0.6) is 0 Å². The lowest BCUT2D eigenvalue weighted by molar-refractivity contribution is 0.211. The first kappa shape index (κ1) is 27.7. The molecule has 3 heterocycles. The van der Waals surface area contributed by atoms with Gasteiger partial charge < -0.3 is 15.4 Å². The second kappa shape index (κ2) is 10.8. The fourth-order valence-corrected chi connectivity index (χ4v) is 14.2. The van der Waals surface area contributed by atoms with Crippen LogP contribution in [0.3, 0.4) is 0 Å². The molecular formula is C28H37Cl2N5OSi. The van der Waals surface area contributed by atoms with Gasteiger partial charge in [0.15, 0.2) is 0 Å². The Kier molecular flexibility index (Phi) is 8.09. The number of hydrogen-bond acceptors (Lipinski definition) is 4. The molecule has 9 heteroatoms. The van der Waals surface area contributed by atoms with Gasteiger partial charge in [-0.05, 0) is 39.5 Å². The highest BCUT2D eigenvalue weighted by Crippen LogP contribution is 2.44. The van der Waals surface area contributed by atoms with E-state index < -0.39 is 14.2 Å². The molecule has 0 fully saturated rings. The molecule has 6 nitrogen and oxygen atoms in total. The molecule has 0 amide bonds. The topological polar surface area (TPSA) is 78.8 Å². The number of aromatic amines is 1. The summed E-state index contributed by atoms with van der Waals surface area (Å²) in [5.41, 5.74) is 4.64. The Morgan fingerprint density at radius 2 is 1.73 bits per heavy atom. The molecule has 1 atom stereocenters. The van der Waals surface area contributed by atoms with Crippen LogP contribution in [0, 0.1) is 0 Å². The second-order valence-corrected chi connectivity index (χ2v) is 17.5. The lowest BCUT2D eigenvalue weighted by atomic mass is 10.1. The number of aromatic nitrogens is 4. The molecule has 0 spiro atoms. The molecule has 0 bridgehead atoms. The maximum atomic E-state index is 11.7. The highest BCUT2D eigenvalue weighted by atomic mass is 35.5. The standard InChI is InChI=1S/C28H37Cl2N5OSi/c1-16(2)37(17(3)4,18(5)6)27-22(30)15-33-28-25(27)21(14-32-28)26(36)23-12-24(34-35(23)7)31-13-19-9-8-10-20(29)11-19/h8-12,14-18,26,36H,13H2,1-7H3,(H,31,34)(H,32,33). The zero-order valence-electron chi connectivity index (χ0n) is 22.6. The summed E-state index contributed by atoms with van der Waals surface area (Å²) >= 11 is 13.1. The molecule has 0 radical (unpaired) electrons. The van der Waals surface area contributed by atoms with Crippen molar-refractivity contribution in [2.24, 2.45) is 7.05 Å². The van der Waals surface area contributed by atoms with Crippen molar-refractivity contribution in [2.45, 2.75) is 70.8 Å². The molecule has 4 rings (SSSR count). The van der Waals surface area contributed by atoms with Gasteiger partial charge in [-0.1, -0.05) is 76.9 Å². The van der Waals surface area contributed by atoms with E-state index in [1.54, 1.807) is 10.9 Å². The Hall–Kier alpha value is -2.32. The molecule has 198 valence electrons. The van der Waals surface area contributed by atoms with Crippen LogP contribution in [0.15, 0.2) is 42.7 Å². The highest BCUT2D eigenvalue weighted by Gasteiger charge is 2.47. The fraction of sp³-hybridized carbons (Fsp3) is 0.429. The summed E-state index contributed by atoms with van der Waals surface area (Å²) < 4.78 is 1.72. The molecule has 1 aromatic carbocycles. The Labute approximate surface area is 230 Å². The third-order valence-corrected chi connectivity index (χ3v) is 15.6. The number of fused-ring (bicyclic) bond motifs is 1. The molecule has 0 aliphatic carbocycles. The lowest BCUT2D eigenvalue weighted by Crippen LogP contribution is -2.56. The maximum Gasteiger partial charge on any atom is 0.148 e. The first-order valence-corrected chi connectivity index (χ1v) is 15.8. The minimum absolute atomic E-state index is 0.453. The van der Waals surface area contributed by atoms with Gasteiger partial charge in [-0.2, -0.15) is 5.10 Å². The van der Waals surface area contributed by atoms with E-state index >= 15 is 0 Å². The number of H-pyrrole nitrogens is 1. The van der Waals surface area contributed by atoms with E-state index in [2.05, 4.69) is 61.9 Å². The van der Waals surface area contributed by atoms with Crippen LogP contribution in [0.1, 0.15) is 64.5 Å². The normalized spacial score (nSPS) is 13.3. The average Bonchev–Trinajstić information content (AvgIpc) is 3.42. The summed E-state index contributed by atoms with van der Waals surface area (Å²) in [4.78, 5) is 7.91. The van der Waals surface area contributed by atoms with Crippen LogP contribution < -0.4 is 10.5 Å². The number of nitrogens with one attached hydrogen (secondary N) is 2. The Balaban J connectivity index is 1.78. The zero-order chi connectivity index (χ0) is 27.1. The number of rotatable bonds is 9. The molecule has 1 unspecified atom stereocenters. The second-order valence-electron chi connectivity index (χ2n) is 10.8. The summed E-state index contributed by atoms with van der Waals surface area (Å²) in [5.74, 6) is 0.683. The van der Waals surface area contributed by atoms with Gasteiger partial charge in [0.2, 0.25) is 0 Å². The van der Waals surface area contributed by atoms with Crippen LogP contribution >= 0.6 is 23.2 Å². The number of aliphatic hydroxyl groups is 1. The SMILES string of the molecule is CC(C)[Si](c1c(Cl)cnc2[nH]cc(C(O)c3cc(NCc4cccc(Cl)c4)nn3C)c12)(C(C)C)C(C)C. The first-order valence-electron chi connectivity index (χ1n) is 12.8. The minimum atomic E-state index is -2.17. The summed E-state index contributed by atoms with van der Waals surface area (Å²) in [6.07, 6.45) is 2.74. The maximum absolute atomic E-state index is 11.7. The monoisotopic (exact) mass is 557 g/mol. The summed E-state index contributed by atoms with van der Waals surface area (Å²) in [6.45, 7) is 14.5. The molecule has 3 N–H and O–H groups in total. The fourth-order valence-electron chi connectivity index (χ4n) is 6.42. The Morgan fingerprint density at radius 3 is 2.35 bits per heavy atom. The van der Waals surface area contributed by atoms with Gasteiger partial charge in [0.1, 0.15) is 17.6 Å². The predicted octanol–water partition coefficient (Wildman–Crippen LogP) is 7.18. The molecule has 4 aromatic rings. The van der Waals surface area contributed by atoms with E-state index in [0.717, 1.165) is 22.2 Å². The number of pyridine rings is 1. The molecule has 37 heavy (non-hydrogen) atoms. The first-order chi connectivity index (χ1) is 17.5. The van der Waals surface area contributed by atoms with Gasteiger partial charge in [0, 0.05) is 48.0 Å². The quantitative estimate of drug-likeness (QED) is 0.190. The van der Waals surface area contributed by atoms with Crippen molar-refractivity contribution in [2.75, 3.05) is 5.32 Å². The number of anilines is 1. The van der Waals surface area contributed by atoms with Gasteiger partial charge in [-0.25, -0.2) is 4.98 Å². The average molecular weight is 559 g/mol. The molecular weight excluding hydrogens is 521 g/mol. The van der Waals surface area contributed by atoms with Crippen molar-refractivity contribution >= 4 is 53.3 Å². The van der Waals surface area contributed by atoms with Crippen LogP contribution in [-0.2, 0) is 13.6 Å². The third kappa shape index (κ3) is 4.94. The van der Waals surface area contributed by atoms with E-state index in [4.69, 9.17) is 23.2 Å². The molecule has 0 aliphatic rings. The van der Waals surface area contributed by atoms with Gasteiger partial charge in [-0.3, -0.25) is 4.68 Å². The van der Waals surface area contributed by atoms with E-state index in [1.807, 2.05) is 43.6 Å². The van der Waals surface area contributed by atoms with E-state index in [9.17, 15) is 5.11 Å². The van der Waals surface area contributed by atoms with E-state index in [1.165, 1.54) is 5.19 Å². The van der Waals surface area contributed by atoms with E-state index in [0.29, 0.717) is 44.7 Å². The van der Waals surface area contributed by atoms with Gasteiger partial charge in [-0.15, -0.1) is 0 Å². The van der Waals surface area contributed by atoms with Crippen LogP contribution in [0.25, 0.3) is 11.0 Å². The number of aliphatic hydroxyl groups excluding tert-OH is 1. The Morgan fingerprint density at radius 1 is 1.05 bits per heavy atom.